The molecule has 0 aliphatic rings. The second kappa shape index (κ2) is 8.33. The number of benzene rings is 2. The molecule has 2 aromatic carbocycles. The van der Waals surface area contributed by atoms with Crippen LogP contribution >= 0.6 is 0 Å². The third-order valence-electron chi connectivity index (χ3n) is 4.10. The predicted octanol–water partition coefficient (Wildman–Crippen LogP) is 2.90. The van der Waals surface area contributed by atoms with Gasteiger partial charge in [-0.2, -0.15) is 0 Å². The maximum atomic E-state index is 12.2. The van der Waals surface area contributed by atoms with Crippen LogP contribution in [0, 0.1) is 20.8 Å². The summed E-state index contributed by atoms with van der Waals surface area (Å²) in [5.74, 6) is -0.517. The number of nitrogens with one attached hydrogen (secondary N) is 2. The first kappa shape index (κ1) is 18.5. The van der Waals surface area contributed by atoms with E-state index in [4.69, 9.17) is 0 Å². The topological polar surface area (TPSA) is 61.4 Å². The Labute approximate surface area is 149 Å². The molecule has 0 saturated carbocycles. The van der Waals surface area contributed by atoms with E-state index >= 15 is 0 Å². The van der Waals surface area contributed by atoms with Crippen molar-refractivity contribution in [2.45, 2.75) is 27.7 Å². The summed E-state index contributed by atoms with van der Waals surface area (Å²) in [4.78, 5) is 24.3. The summed E-state index contributed by atoms with van der Waals surface area (Å²) >= 11 is 0. The largest absolute Gasteiger partial charge is 0.343 e. The van der Waals surface area contributed by atoms with Crippen molar-refractivity contribution in [2.75, 3.05) is 18.1 Å². The standard InChI is InChI=1S/C20H25N3O2/c1-5-23(18-10-6-14(2)7-11-18)22-19(24)13-21-20(25)17-9-8-15(3)16(4)12-17/h6-12H,5,13H2,1-4H3,(H,21,25)(H,22,24). The Morgan fingerprint density at radius 1 is 0.960 bits per heavy atom. The fourth-order valence-electron chi connectivity index (χ4n) is 2.39. The van der Waals surface area contributed by atoms with Crippen LogP contribution in [0.3, 0.4) is 0 Å². The molecule has 25 heavy (non-hydrogen) atoms. The highest BCUT2D eigenvalue weighted by Crippen LogP contribution is 2.13. The van der Waals surface area contributed by atoms with E-state index in [1.165, 1.54) is 0 Å². The van der Waals surface area contributed by atoms with Gasteiger partial charge in [-0.1, -0.05) is 23.8 Å². The average Bonchev–Trinajstić information content (AvgIpc) is 2.60. The molecule has 2 rings (SSSR count). The van der Waals surface area contributed by atoms with Gasteiger partial charge in [0.25, 0.3) is 11.8 Å². The lowest BCUT2D eigenvalue weighted by Crippen LogP contribution is -2.46. The van der Waals surface area contributed by atoms with Gasteiger partial charge in [0.05, 0.1) is 12.2 Å². The monoisotopic (exact) mass is 339 g/mol. The number of aryl methyl sites for hydroxylation is 3. The van der Waals surface area contributed by atoms with Crippen LogP contribution in [-0.2, 0) is 4.79 Å². The Bertz CT molecular complexity index is 754. The number of amides is 2. The molecule has 0 aliphatic heterocycles. The molecule has 0 heterocycles. The van der Waals surface area contributed by atoms with Crippen LogP contribution in [0.2, 0.25) is 0 Å². The third kappa shape index (κ3) is 5.08. The van der Waals surface area contributed by atoms with E-state index < -0.39 is 0 Å². The predicted molar refractivity (Wildman–Crippen MR) is 101 cm³/mol. The summed E-state index contributed by atoms with van der Waals surface area (Å²) in [5.41, 5.74) is 7.61. The number of carbonyl (C=O) groups is 2. The van der Waals surface area contributed by atoms with E-state index in [-0.39, 0.29) is 18.4 Å². The van der Waals surface area contributed by atoms with Gasteiger partial charge in [0.2, 0.25) is 0 Å². The zero-order chi connectivity index (χ0) is 18.4. The highest BCUT2D eigenvalue weighted by Gasteiger charge is 2.11. The van der Waals surface area contributed by atoms with Crippen molar-refractivity contribution in [2.24, 2.45) is 0 Å². The summed E-state index contributed by atoms with van der Waals surface area (Å²) in [6.45, 7) is 8.47. The maximum absolute atomic E-state index is 12.2. The van der Waals surface area contributed by atoms with Crippen LogP contribution in [0.1, 0.15) is 34.0 Å². The molecule has 0 bridgehead atoms. The van der Waals surface area contributed by atoms with Crippen LogP contribution in [0.25, 0.3) is 0 Å². The molecule has 5 heteroatoms. The molecule has 2 amide bonds. The molecular formula is C20H25N3O2. The number of hydrazine groups is 1. The Kier molecular flexibility index (Phi) is 6.17. The van der Waals surface area contributed by atoms with Gasteiger partial charge >= 0.3 is 0 Å². The number of anilines is 1. The van der Waals surface area contributed by atoms with E-state index in [1.807, 2.05) is 64.1 Å². The molecule has 0 aliphatic carbocycles. The summed E-state index contributed by atoms with van der Waals surface area (Å²) in [6.07, 6.45) is 0. The molecule has 0 radical (unpaired) electrons. The molecule has 5 nitrogen and oxygen atoms in total. The van der Waals surface area contributed by atoms with Crippen molar-refractivity contribution in [1.29, 1.82) is 0 Å². The minimum Gasteiger partial charge on any atom is -0.343 e. The van der Waals surface area contributed by atoms with Crippen molar-refractivity contribution in [3.8, 4) is 0 Å². The van der Waals surface area contributed by atoms with Gasteiger partial charge in [0.15, 0.2) is 0 Å². The highest BCUT2D eigenvalue weighted by atomic mass is 16.2. The fourth-order valence-corrected chi connectivity index (χ4v) is 2.39. The zero-order valence-electron chi connectivity index (χ0n) is 15.2. The van der Waals surface area contributed by atoms with Crippen molar-refractivity contribution in [3.05, 3.63) is 64.7 Å². The lowest BCUT2D eigenvalue weighted by atomic mass is 10.1. The molecule has 0 saturated heterocycles. The number of rotatable bonds is 6. The van der Waals surface area contributed by atoms with Crippen LogP contribution in [-0.4, -0.2) is 24.9 Å². The van der Waals surface area contributed by atoms with Crippen molar-refractivity contribution in [3.63, 3.8) is 0 Å². The van der Waals surface area contributed by atoms with Crippen LogP contribution < -0.4 is 15.8 Å². The van der Waals surface area contributed by atoms with Gasteiger partial charge in [-0.05, 0) is 63.1 Å². The van der Waals surface area contributed by atoms with Gasteiger partial charge in [-0.15, -0.1) is 0 Å². The summed E-state index contributed by atoms with van der Waals surface area (Å²) in [5, 5.41) is 4.41. The third-order valence-corrected chi connectivity index (χ3v) is 4.10. The maximum Gasteiger partial charge on any atom is 0.257 e. The summed E-state index contributed by atoms with van der Waals surface area (Å²) < 4.78 is 0. The van der Waals surface area contributed by atoms with Gasteiger partial charge in [0.1, 0.15) is 0 Å². The van der Waals surface area contributed by atoms with Crippen LogP contribution in [0.5, 0.6) is 0 Å². The Morgan fingerprint density at radius 3 is 2.24 bits per heavy atom. The van der Waals surface area contributed by atoms with E-state index in [0.717, 1.165) is 22.4 Å². The molecule has 0 fully saturated rings. The van der Waals surface area contributed by atoms with E-state index in [0.29, 0.717) is 12.1 Å². The lowest BCUT2D eigenvalue weighted by Gasteiger charge is -2.24. The smallest absolute Gasteiger partial charge is 0.257 e. The van der Waals surface area contributed by atoms with Gasteiger partial charge in [0, 0.05) is 12.1 Å². The van der Waals surface area contributed by atoms with Crippen molar-refractivity contribution in [1.82, 2.24) is 10.7 Å². The lowest BCUT2D eigenvalue weighted by molar-refractivity contribution is -0.120. The molecule has 0 aromatic heterocycles. The summed E-state index contributed by atoms with van der Waals surface area (Å²) in [7, 11) is 0. The number of nitrogens with zero attached hydrogens (tertiary/aromatic N) is 1. The molecule has 2 N–H and O–H groups in total. The first-order chi connectivity index (χ1) is 11.9. The van der Waals surface area contributed by atoms with Gasteiger partial charge in [-0.25, -0.2) is 0 Å². The Hall–Kier alpha value is -2.82. The van der Waals surface area contributed by atoms with E-state index in [9.17, 15) is 9.59 Å². The minimum atomic E-state index is -0.264. The van der Waals surface area contributed by atoms with E-state index in [1.54, 1.807) is 11.1 Å². The normalized spacial score (nSPS) is 10.2. The SMILES string of the molecule is CCN(NC(=O)CNC(=O)c1ccc(C)c(C)c1)c1ccc(C)cc1. The van der Waals surface area contributed by atoms with E-state index in [2.05, 4.69) is 10.7 Å². The number of carbonyl (C=O) groups excluding carboxylic acids is 2. The molecule has 0 unspecified atom stereocenters. The zero-order valence-corrected chi connectivity index (χ0v) is 15.2. The Balaban J connectivity index is 1.91. The second-order valence-electron chi connectivity index (χ2n) is 6.10. The quantitative estimate of drug-likeness (QED) is 0.796. The second-order valence-corrected chi connectivity index (χ2v) is 6.10. The molecule has 0 spiro atoms. The number of hydrogen-bond acceptors (Lipinski definition) is 3. The van der Waals surface area contributed by atoms with Crippen molar-refractivity contribution >= 4 is 17.5 Å². The van der Waals surface area contributed by atoms with Crippen LogP contribution in [0.15, 0.2) is 42.5 Å². The molecular weight excluding hydrogens is 314 g/mol. The minimum absolute atomic E-state index is 0.0753. The first-order valence-corrected chi connectivity index (χ1v) is 8.40. The fraction of sp³-hybridized carbons (Fsp3) is 0.300. The first-order valence-electron chi connectivity index (χ1n) is 8.40. The highest BCUT2D eigenvalue weighted by molar-refractivity contribution is 5.96. The number of hydrogen-bond donors (Lipinski definition) is 2. The molecule has 2 aromatic rings. The van der Waals surface area contributed by atoms with Gasteiger partial charge < -0.3 is 5.32 Å². The molecule has 132 valence electrons. The van der Waals surface area contributed by atoms with Crippen LogP contribution in [0.4, 0.5) is 5.69 Å². The molecule has 0 atom stereocenters. The Morgan fingerprint density at radius 2 is 1.64 bits per heavy atom. The summed E-state index contributed by atoms with van der Waals surface area (Å²) in [6, 6.07) is 13.4. The average molecular weight is 339 g/mol. The van der Waals surface area contributed by atoms with Gasteiger partial charge in [-0.3, -0.25) is 20.0 Å². The van der Waals surface area contributed by atoms with Crippen molar-refractivity contribution < 1.29 is 9.59 Å².